The number of para-hydroxylation sites is 2. The van der Waals surface area contributed by atoms with E-state index in [0.29, 0.717) is 11.5 Å². The molecule has 0 aliphatic carbocycles. The van der Waals surface area contributed by atoms with Crippen LogP contribution in [-0.4, -0.2) is 16.0 Å². The minimum atomic E-state index is -0.371. The van der Waals surface area contributed by atoms with Gasteiger partial charge in [-0.15, -0.1) is 0 Å². The molecule has 0 radical (unpaired) electrons. The second-order valence-corrected chi connectivity index (χ2v) is 4.31. The monoisotopic (exact) mass is 279 g/mol. The number of anilines is 2. The van der Waals surface area contributed by atoms with Gasteiger partial charge in [0.25, 0.3) is 0 Å². The van der Waals surface area contributed by atoms with E-state index in [1.165, 1.54) is 6.33 Å². The third kappa shape index (κ3) is 3.06. The number of carbonyl (C=O) groups excluding carboxylic acids is 1. The van der Waals surface area contributed by atoms with Crippen molar-refractivity contribution < 1.29 is 4.79 Å². The third-order valence-electron chi connectivity index (χ3n) is 2.87. The molecule has 6 heteroatoms. The van der Waals surface area contributed by atoms with Crippen molar-refractivity contribution in [2.24, 2.45) is 0 Å². The zero-order valence-corrected chi connectivity index (χ0v) is 11.1. The maximum absolute atomic E-state index is 11.8. The Morgan fingerprint density at radius 2 is 1.67 bits per heavy atom. The molecule has 0 aliphatic heterocycles. The minimum Gasteiger partial charge on any atom is -0.307 e. The molecule has 1 heterocycles. The maximum atomic E-state index is 11.8. The first-order valence-corrected chi connectivity index (χ1v) is 6.41. The van der Waals surface area contributed by atoms with Crippen molar-refractivity contribution in [2.45, 2.75) is 0 Å². The Morgan fingerprint density at radius 3 is 2.52 bits per heavy atom. The Bertz CT molecular complexity index is 755. The quantitative estimate of drug-likeness (QED) is 0.644. The average molecular weight is 279 g/mol. The molecule has 2 aromatic carbocycles. The molecule has 0 bridgehead atoms. The number of hydrazine groups is 1. The van der Waals surface area contributed by atoms with Gasteiger partial charge in [0.15, 0.2) is 5.82 Å². The molecule has 0 saturated carbocycles. The SMILES string of the molecule is O=C(NNc1ncnc2ccccc12)Nc1ccccc1. The van der Waals surface area contributed by atoms with Crippen LogP contribution in [0.5, 0.6) is 0 Å². The van der Waals surface area contributed by atoms with Crippen molar-refractivity contribution in [3.63, 3.8) is 0 Å². The molecule has 104 valence electrons. The van der Waals surface area contributed by atoms with E-state index in [2.05, 4.69) is 26.1 Å². The van der Waals surface area contributed by atoms with Crippen LogP contribution in [0.15, 0.2) is 60.9 Å². The number of urea groups is 1. The molecule has 6 nitrogen and oxygen atoms in total. The minimum absolute atomic E-state index is 0.371. The van der Waals surface area contributed by atoms with E-state index in [1.54, 1.807) is 12.1 Å². The van der Waals surface area contributed by atoms with Gasteiger partial charge in [-0.25, -0.2) is 14.8 Å². The number of amides is 2. The molecule has 3 N–H and O–H groups in total. The molecule has 3 rings (SSSR count). The molecule has 0 fully saturated rings. The van der Waals surface area contributed by atoms with Gasteiger partial charge in [-0.3, -0.25) is 10.9 Å². The van der Waals surface area contributed by atoms with Crippen LogP contribution in [0.25, 0.3) is 10.9 Å². The fourth-order valence-corrected chi connectivity index (χ4v) is 1.90. The van der Waals surface area contributed by atoms with Crippen molar-refractivity contribution in [1.82, 2.24) is 15.4 Å². The summed E-state index contributed by atoms with van der Waals surface area (Å²) in [5.74, 6) is 0.545. The number of aromatic nitrogens is 2. The van der Waals surface area contributed by atoms with Crippen LogP contribution in [0, 0.1) is 0 Å². The van der Waals surface area contributed by atoms with Gasteiger partial charge in [0.1, 0.15) is 6.33 Å². The Kier molecular flexibility index (Phi) is 3.60. The topological polar surface area (TPSA) is 78.9 Å². The van der Waals surface area contributed by atoms with Gasteiger partial charge >= 0.3 is 6.03 Å². The lowest BCUT2D eigenvalue weighted by molar-refractivity contribution is 0.254. The van der Waals surface area contributed by atoms with Crippen LogP contribution < -0.4 is 16.2 Å². The first-order valence-electron chi connectivity index (χ1n) is 6.41. The Labute approximate surface area is 121 Å². The average Bonchev–Trinajstić information content (AvgIpc) is 2.54. The molecule has 0 aliphatic rings. The van der Waals surface area contributed by atoms with Crippen molar-refractivity contribution >= 4 is 28.4 Å². The number of benzene rings is 2. The van der Waals surface area contributed by atoms with Gasteiger partial charge in [-0.1, -0.05) is 30.3 Å². The summed E-state index contributed by atoms with van der Waals surface area (Å²) in [6, 6.07) is 16.4. The number of fused-ring (bicyclic) bond motifs is 1. The van der Waals surface area contributed by atoms with E-state index >= 15 is 0 Å². The third-order valence-corrected chi connectivity index (χ3v) is 2.87. The first kappa shape index (κ1) is 12.9. The number of carbonyl (C=O) groups is 1. The highest BCUT2D eigenvalue weighted by atomic mass is 16.2. The highest BCUT2D eigenvalue weighted by Gasteiger charge is 2.04. The molecular formula is C15H13N5O. The molecule has 0 spiro atoms. The van der Waals surface area contributed by atoms with Crippen LogP contribution in [0.4, 0.5) is 16.3 Å². The lowest BCUT2D eigenvalue weighted by Crippen LogP contribution is -2.34. The highest BCUT2D eigenvalue weighted by molar-refractivity contribution is 5.92. The van der Waals surface area contributed by atoms with Gasteiger partial charge in [0, 0.05) is 11.1 Å². The van der Waals surface area contributed by atoms with E-state index < -0.39 is 0 Å². The van der Waals surface area contributed by atoms with Gasteiger partial charge in [-0.05, 0) is 24.3 Å². The Hall–Kier alpha value is -3.15. The van der Waals surface area contributed by atoms with Gasteiger partial charge in [0.2, 0.25) is 0 Å². The number of hydrogen-bond donors (Lipinski definition) is 3. The first-order chi connectivity index (χ1) is 10.3. The van der Waals surface area contributed by atoms with Gasteiger partial charge in [-0.2, -0.15) is 0 Å². The molecular weight excluding hydrogens is 266 g/mol. The normalized spacial score (nSPS) is 10.1. The summed E-state index contributed by atoms with van der Waals surface area (Å²) in [6.07, 6.45) is 1.45. The summed E-state index contributed by atoms with van der Waals surface area (Å²) >= 11 is 0. The Balaban J connectivity index is 1.68. The van der Waals surface area contributed by atoms with Crippen molar-refractivity contribution in [3.8, 4) is 0 Å². The highest BCUT2D eigenvalue weighted by Crippen LogP contribution is 2.17. The summed E-state index contributed by atoms with van der Waals surface area (Å²) in [5, 5.41) is 3.54. The summed E-state index contributed by atoms with van der Waals surface area (Å²) in [5.41, 5.74) is 6.86. The van der Waals surface area contributed by atoms with E-state index in [1.807, 2.05) is 42.5 Å². The molecule has 0 saturated heterocycles. The van der Waals surface area contributed by atoms with E-state index in [-0.39, 0.29) is 6.03 Å². The Morgan fingerprint density at radius 1 is 0.905 bits per heavy atom. The zero-order chi connectivity index (χ0) is 14.5. The molecule has 3 aromatic rings. The molecule has 0 atom stereocenters. The maximum Gasteiger partial charge on any atom is 0.337 e. The van der Waals surface area contributed by atoms with Gasteiger partial charge in [0.05, 0.1) is 5.52 Å². The van der Waals surface area contributed by atoms with Crippen LogP contribution in [0.3, 0.4) is 0 Å². The van der Waals surface area contributed by atoms with Crippen LogP contribution in [-0.2, 0) is 0 Å². The second kappa shape index (κ2) is 5.87. The number of nitrogens with one attached hydrogen (secondary N) is 3. The summed E-state index contributed by atoms with van der Waals surface area (Å²) in [4.78, 5) is 20.1. The predicted molar refractivity (Wildman–Crippen MR) is 81.8 cm³/mol. The summed E-state index contributed by atoms with van der Waals surface area (Å²) in [7, 11) is 0. The lowest BCUT2D eigenvalue weighted by Gasteiger charge is -2.10. The molecule has 21 heavy (non-hydrogen) atoms. The molecule has 2 amide bonds. The smallest absolute Gasteiger partial charge is 0.307 e. The molecule has 1 aromatic heterocycles. The van der Waals surface area contributed by atoms with Crippen molar-refractivity contribution in [1.29, 1.82) is 0 Å². The number of hydrogen-bond acceptors (Lipinski definition) is 4. The molecule has 0 unspecified atom stereocenters. The lowest BCUT2D eigenvalue weighted by atomic mass is 10.2. The number of nitrogens with zero attached hydrogens (tertiary/aromatic N) is 2. The zero-order valence-electron chi connectivity index (χ0n) is 11.1. The summed E-state index contributed by atoms with van der Waals surface area (Å²) in [6.45, 7) is 0. The van der Waals surface area contributed by atoms with Crippen LogP contribution >= 0.6 is 0 Å². The van der Waals surface area contributed by atoms with Crippen LogP contribution in [0.1, 0.15) is 0 Å². The van der Waals surface area contributed by atoms with Crippen molar-refractivity contribution in [2.75, 3.05) is 10.7 Å². The summed E-state index contributed by atoms with van der Waals surface area (Å²) < 4.78 is 0. The fourth-order valence-electron chi connectivity index (χ4n) is 1.90. The number of rotatable bonds is 3. The van der Waals surface area contributed by atoms with E-state index in [4.69, 9.17) is 0 Å². The van der Waals surface area contributed by atoms with E-state index in [0.717, 1.165) is 10.9 Å². The largest absolute Gasteiger partial charge is 0.337 e. The standard InChI is InChI=1S/C15H13N5O/c21-15(18-11-6-2-1-3-7-11)20-19-14-12-8-4-5-9-13(12)16-10-17-14/h1-10H,(H,16,17,19)(H2,18,20,21). The fraction of sp³-hybridized carbons (Fsp3) is 0. The predicted octanol–water partition coefficient (Wildman–Crippen LogP) is 2.78. The van der Waals surface area contributed by atoms with Crippen molar-refractivity contribution in [3.05, 3.63) is 60.9 Å². The van der Waals surface area contributed by atoms with Gasteiger partial charge < -0.3 is 5.32 Å². The van der Waals surface area contributed by atoms with Crippen LogP contribution in [0.2, 0.25) is 0 Å². The second-order valence-electron chi connectivity index (χ2n) is 4.31. The van der Waals surface area contributed by atoms with E-state index in [9.17, 15) is 4.79 Å².